The number of ether oxygens (including phenoxy) is 1. The highest BCUT2D eigenvalue weighted by Crippen LogP contribution is 2.28. The zero-order valence-corrected chi connectivity index (χ0v) is 19.8. The summed E-state index contributed by atoms with van der Waals surface area (Å²) in [4.78, 5) is 17.2. The van der Waals surface area contributed by atoms with E-state index in [4.69, 9.17) is 20.8 Å². The third-order valence-electron chi connectivity index (χ3n) is 6.06. The summed E-state index contributed by atoms with van der Waals surface area (Å²) < 4.78 is 36.1. The van der Waals surface area contributed by atoms with Crippen molar-refractivity contribution < 1.29 is 22.4 Å². The van der Waals surface area contributed by atoms with E-state index < -0.39 is 22.0 Å². The van der Waals surface area contributed by atoms with E-state index in [0.29, 0.717) is 23.0 Å². The predicted octanol–water partition coefficient (Wildman–Crippen LogP) is 3.91. The van der Waals surface area contributed by atoms with Gasteiger partial charge in [0.1, 0.15) is 11.5 Å². The number of anilines is 1. The van der Waals surface area contributed by atoms with Crippen LogP contribution in [0.4, 0.5) is 5.88 Å². The Hall–Kier alpha value is -2.19. The minimum atomic E-state index is -3.16. The molecule has 2 unspecified atom stereocenters. The fourth-order valence-electron chi connectivity index (χ4n) is 4.33. The number of carbonyl (C=O) groups is 1. The fourth-order valence-corrected chi connectivity index (χ4v) is 6.24. The molecule has 0 radical (unpaired) electrons. The van der Waals surface area contributed by atoms with Gasteiger partial charge in [0.25, 0.3) is 5.91 Å². The maximum Gasteiger partial charge on any atom is 0.264 e. The summed E-state index contributed by atoms with van der Waals surface area (Å²) in [6.07, 6.45) is 3.09. The SMILES string of the molecule is CC(Oc1ccccc1Cl)C(=O)N(Cc1ccc(N2CCCCC2)o1)C1CCS(=O)(=O)C1. The average Bonchev–Trinajstić information content (AvgIpc) is 3.40. The van der Waals surface area contributed by atoms with E-state index in [9.17, 15) is 13.2 Å². The van der Waals surface area contributed by atoms with Crippen LogP contribution < -0.4 is 9.64 Å². The van der Waals surface area contributed by atoms with E-state index in [-0.39, 0.29) is 24.0 Å². The smallest absolute Gasteiger partial charge is 0.264 e. The van der Waals surface area contributed by atoms with Gasteiger partial charge < -0.3 is 19.0 Å². The second-order valence-corrected chi connectivity index (χ2v) is 11.1. The van der Waals surface area contributed by atoms with Gasteiger partial charge in [0.05, 0.1) is 23.1 Å². The molecule has 2 aliphatic heterocycles. The van der Waals surface area contributed by atoms with Crippen LogP contribution in [0.5, 0.6) is 5.75 Å². The van der Waals surface area contributed by atoms with Gasteiger partial charge in [-0.25, -0.2) is 8.42 Å². The van der Waals surface area contributed by atoms with E-state index in [2.05, 4.69) is 4.90 Å². The van der Waals surface area contributed by atoms with Crippen LogP contribution >= 0.6 is 11.6 Å². The lowest BCUT2D eigenvalue weighted by Crippen LogP contribution is -2.46. The maximum atomic E-state index is 13.4. The summed E-state index contributed by atoms with van der Waals surface area (Å²) in [7, 11) is -3.16. The van der Waals surface area contributed by atoms with Crippen LogP contribution in [0, 0.1) is 0 Å². The number of para-hydroxylation sites is 1. The molecule has 1 amide bonds. The predicted molar refractivity (Wildman–Crippen MR) is 124 cm³/mol. The molecule has 0 saturated carbocycles. The van der Waals surface area contributed by atoms with Gasteiger partial charge in [-0.15, -0.1) is 0 Å². The molecular formula is C23H29ClN2O5S. The van der Waals surface area contributed by atoms with Gasteiger partial charge in [-0.05, 0) is 50.8 Å². The van der Waals surface area contributed by atoms with Crippen molar-refractivity contribution in [2.45, 2.75) is 51.3 Å². The molecule has 174 valence electrons. The molecular weight excluding hydrogens is 452 g/mol. The van der Waals surface area contributed by atoms with Gasteiger partial charge in [-0.3, -0.25) is 4.79 Å². The summed E-state index contributed by atoms with van der Waals surface area (Å²) in [5.41, 5.74) is 0. The van der Waals surface area contributed by atoms with Crippen molar-refractivity contribution in [1.29, 1.82) is 0 Å². The lowest BCUT2D eigenvalue weighted by molar-refractivity contribution is -0.140. The molecule has 1 aromatic heterocycles. The minimum absolute atomic E-state index is 0.0444. The second kappa shape index (κ2) is 9.75. The number of rotatable bonds is 7. The molecule has 1 aromatic carbocycles. The van der Waals surface area contributed by atoms with Crippen LogP contribution in [0.3, 0.4) is 0 Å². The molecule has 0 bridgehead atoms. The van der Waals surface area contributed by atoms with Gasteiger partial charge in [0, 0.05) is 25.2 Å². The number of sulfone groups is 1. The minimum Gasteiger partial charge on any atom is -0.479 e. The average molecular weight is 481 g/mol. The number of amides is 1. The zero-order valence-electron chi connectivity index (χ0n) is 18.2. The highest BCUT2D eigenvalue weighted by atomic mass is 35.5. The number of hydrogen-bond acceptors (Lipinski definition) is 6. The largest absolute Gasteiger partial charge is 0.479 e. The van der Waals surface area contributed by atoms with Crippen molar-refractivity contribution in [1.82, 2.24) is 4.90 Å². The summed E-state index contributed by atoms with van der Waals surface area (Å²) in [6, 6.07) is 10.4. The Labute approximate surface area is 194 Å². The van der Waals surface area contributed by atoms with E-state index in [1.54, 1.807) is 36.1 Å². The fraction of sp³-hybridized carbons (Fsp3) is 0.522. The quantitative estimate of drug-likeness (QED) is 0.597. The lowest BCUT2D eigenvalue weighted by atomic mass is 10.1. The van der Waals surface area contributed by atoms with Crippen LogP contribution in [-0.2, 0) is 21.2 Å². The van der Waals surface area contributed by atoms with Crippen molar-refractivity contribution >= 4 is 33.2 Å². The van der Waals surface area contributed by atoms with E-state index in [0.717, 1.165) is 31.8 Å². The van der Waals surface area contributed by atoms with Gasteiger partial charge in [0.2, 0.25) is 0 Å². The molecule has 2 saturated heterocycles. The first-order valence-electron chi connectivity index (χ1n) is 11.1. The standard InChI is InChI=1S/C23H29ClN2O5S/c1-17(30-21-8-4-3-7-20(21)24)23(27)26(18-11-14-32(28,29)16-18)15-19-9-10-22(31-19)25-12-5-2-6-13-25/h3-4,7-10,17-18H,2,5-6,11-16H2,1H3. The summed E-state index contributed by atoms with van der Waals surface area (Å²) in [6.45, 7) is 3.77. The van der Waals surface area contributed by atoms with Crippen LogP contribution in [-0.4, -0.2) is 56.0 Å². The first kappa shape index (κ1) is 23.0. The Morgan fingerprint density at radius 1 is 1.22 bits per heavy atom. The van der Waals surface area contributed by atoms with Gasteiger partial charge in [-0.1, -0.05) is 23.7 Å². The van der Waals surface area contributed by atoms with Crippen molar-refractivity contribution in [3.63, 3.8) is 0 Å². The molecule has 32 heavy (non-hydrogen) atoms. The molecule has 9 heteroatoms. The molecule has 0 aliphatic carbocycles. The van der Waals surface area contributed by atoms with Crippen molar-refractivity contribution in [3.8, 4) is 5.75 Å². The van der Waals surface area contributed by atoms with Gasteiger partial charge in [0.15, 0.2) is 21.8 Å². The number of hydrogen-bond donors (Lipinski definition) is 0. The van der Waals surface area contributed by atoms with E-state index in [1.807, 2.05) is 12.1 Å². The highest BCUT2D eigenvalue weighted by Gasteiger charge is 2.37. The Balaban J connectivity index is 1.51. The first-order chi connectivity index (χ1) is 15.3. The normalized spacial score (nSPS) is 21.3. The number of benzene rings is 1. The lowest BCUT2D eigenvalue weighted by Gasteiger charge is -2.30. The maximum absolute atomic E-state index is 13.4. The number of carbonyl (C=O) groups excluding carboxylic acids is 1. The Kier molecular flexibility index (Phi) is 7.00. The zero-order chi connectivity index (χ0) is 22.7. The first-order valence-corrected chi connectivity index (χ1v) is 13.3. The topological polar surface area (TPSA) is 80.1 Å². The molecule has 3 heterocycles. The van der Waals surface area contributed by atoms with Crippen LogP contribution in [0.15, 0.2) is 40.8 Å². The van der Waals surface area contributed by atoms with Crippen LogP contribution in [0.1, 0.15) is 38.4 Å². The van der Waals surface area contributed by atoms with Gasteiger partial charge in [-0.2, -0.15) is 0 Å². The van der Waals surface area contributed by atoms with Crippen LogP contribution in [0.25, 0.3) is 0 Å². The summed E-state index contributed by atoms with van der Waals surface area (Å²) in [5.74, 6) is 1.59. The number of nitrogens with zero attached hydrogens (tertiary/aromatic N) is 2. The number of furan rings is 1. The summed E-state index contributed by atoms with van der Waals surface area (Å²) >= 11 is 6.17. The van der Waals surface area contributed by atoms with Crippen molar-refractivity contribution in [3.05, 3.63) is 47.2 Å². The van der Waals surface area contributed by atoms with Gasteiger partial charge >= 0.3 is 0 Å². The molecule has 4 rings (SSSR count). The number of halogens is 1. The Morgan fingerprint density at radius 3 is 2.66 bits per heavy atom. The molecule has 7 nitrogen and oxygen atoms in total. The Bertz CT molecular complexity index is 1050. The molecule has 2 aliphatic rings. The third kappa shape index (κ3) is 5.41. The monoisotopic (exact) mass is 480 g/mol. The van der Waals surface area contributed by atoms with Crippen molar-refractivity contribution in [2.75, 3.05) is 29.5 Å². The number of piperidine rings is 1. The molecule has 0 N–H and O–H groups in total. The molecule has 2 aromatic rings. The molecule has 2 fully saturated rings. The van der Waals surface area contributed by atoms with E-state index >= 15 is 0 Å². The third-order valence-corrected chi connectivity index (χ3v) is 8.12. The molecule has 2 atom stereocenters. The Morgan fingerprint density at radius 2 is 1.97 bits per heavy atom. The highest BCUT2D eigenvalue weighted by molar-refractivity contribution is 7.91. The molecule has 0 spiro atoms. The summed E-state index contributed by atoms with van der Waals surface area (Å²) in [5, 5.41) is 0.416. The van der Waals surface area contributed by atoms with Crippen molar-refractivity contribution in [2.24, 2.45) is 0 Å². The van der Waals surface area contributed by atoms with E-state index in [1.165, 1.54) is 6.42 Å². The second-order valence-electron chi connectivity index (χ2n) is 8.50. The van der Waals surface area contributed by atoms with Crippen LogP contribution in [0.2, 0.25) is 5.02 Å².